The third-order valence-electron chi connectivity index (χ3n) is 4.05. The lowest BCUT2D eigenvalue weighted by Gasteiger charge is -2.39. The van der Waals surface area contributed by atoms with Crippen molar-refractivity contribution in [2.24, 2.45) is 5.41 Å². The molecule has 21 heavy (non-hydrogen) atoms. The van der Waals surface area contributed by atoms with E-state index in [0.29, 0.717) is 5.95 Å². The zero-order valence-corrected chi connectivity index (χ0v) is 13.4. The molecule has 1 aliphatic rings. The number of nitrogens with zero attached hydrogens (tertiary/aromatic N) is 4. The van der Waals surface area contributed by atoms with E-state index in [1.54, 1.807) is 7.05 Å². The number of carbonyl (C=O) groups is 1. The van der Waals surface area contributed by atoms with Gasteiger partial charge in [-0.05, 0) is 26.3 Å². The normalized spacial score (nSPS) is 22.9. The molecule has 1 atom stereocenters. The second kappa shape index (κ2) is 6.39. The zero-order chi connectivity index (χ0) is 15.5. The van der Waals surface area contributed by atoms with Crippen molar-refractivity contribution >= 4 is 11.9 Å². The fraction of sp³-hybridized carbons (Fsp3) is 0.667. The Morgan fingerprint density at radius 2 is 2.10 bits per heavy atom. The van der Waals surface area contributed by atoms with Crippen LogP contribution < -0.4 is 10.2 Å². The van der Waals surface area contributed by atoms with Gasteiger partial charge in [-0.3, -0.25) is 9.69 Å². The summed E-state index contributed by atoms with van der Waals surface area (Å²) in [5, 5.41) is 2.78. The van der Waals surface area contributed by atoms with E-state index in [1.165, 1.54) is 0 Å². The van der Waals surface area contributed by atoms with Crippen molar-refractivity contribution in [1.29, 1.82) is 0 Å². The predicted molar refractivity (Wildman–Crippen MR) is 83.0 cm³/mol. The maximum absolute atomic E-state index is 12.0. The molecule has 6 heteroatoms. The monoisotopic (exact) mass is 291 g/mol. The number of amides is 1. The minimum Gasteiger partial charge on any atom is -0.359 e. The van der Waals surface area contributed by atoms with Gasteiger partial charge in [-0.25, -0.2) is 9.97 Å². The summed E-state index contributed by atoms with van der Waals surface area (Å²) >= 11 is 0. The lowest BCUT2D eigenvalue weighted by Crippen LogP contribution is -2.49. The first-order chi connectivity index (χ1) is 9.94. The topological polar surface area (TPSA) is 61.4 Å². The molecule has 0 saturated carbocycles. The van der Waals surface area contributed by atoms with Crippen LogP contribution in [0.3, 0.4) is 0 Å². The molecule has 2 rings (SSSR count). The van der Waals surface area contributed by atoms with Crippen LogP contribution in [0.1, 0.15) is 25.3 Å². The summed E-state index contributed by atoms with van der Waals surface area (Å²) in [5.41, 5.74) is 0.791. The number of hydrogen-bond donors (Lipinski definition) is 1. The molecule has 0 spiro atoms. The maximum atomic E-state index is 12.0. The van der Waals surface area contributed by atoms with Gasteiger partial charge in [-0.1, -0.05) is 0 Å². The first-order valence-electron chi connectivity index (χ1n) is 7.37. The van der Waals surface area contributed by atoms with E-state index in [2.05, 4.69) is 20.2 Å². The first kappa shape index (κ1) is 15.7. The number of likely N-dealkylation sites (tertiary alicyclic amines) is 1. The van der Waals surface area contributed by atoms with Crippen molar-refractivity contribution in [1.82, 2.24) is 20.2 Å². The molecule has 1 N–H and O–H groups in total. The van der Waals surface area contributed by atoms with E-state index < -0.39 is 0 Å². The second-order valence-electron chi connectivity index (χ2n) is 6.24. The number of carbonyl (C=O) groups excluding carboxylic acids is 1. The van der Waals surface area contributed by atoms with Crippen LogP contribution in [0.25, 0.3) is 0 Å². The number of nitrogens with one attached hydrogen (secondary N) is 1. The van der Waals surface area contributed by atoms with Crippen molar-refractivity contribution in [2.75, 3.05) is 39.1 Å². The van der Waals surface area contributed by atoms with Gasteiger partial charge in [-0.15, -0.1) is 0 Å². The van der Waals surface area contributed by atoms with E-state index >= 15 is 0 Å². The predicted octanol–water partition coefficient (Wildman–Crippen LogP) is 0.891. The van der Waals surface area contributed by atoms with E-state index in [9.17, 15) is 4.79 Å². The molecule has 1 aromatic heterocycles. The summed E-state index contributed by atoms with van der Waals surface area (Å²) in [6.07, 6.45) is 5.72. The molecule has 1 saturated heterocycles. The highest BCUT2D eigenvalue weighted by atomic mass is 16.2. The first-order valence-corrected chi connectivity index (χ1v) is 7.37. The Balaban J connectivity index is 2.01. The molecule has 1 amide bonds. The van der Waals surface area contributed by atoms with Crippen LogP contribution in [0, 0.1) is 5.41 Å². The van der Waals surface area contributed by atoms with Crippen LogP contribution in [-0.4, -0.2) is 55.0 Å². The van der Waals surface area contributed by atoms with Gasteiger partial charge in [-0.2, -0.15) is 0 Å². The molecule has 1 fully saturated rings. The van der Waals surface area contributed by atoms with Crippen molar-refractivity contribution in [3.63, 3.8) is 0 Å². The molecule has 1 aromatic rings. The van der Waals surface area contributed by atoms with Gasteiger partial charge in [0.25, 0.3) is 0 Å². The zero-order valence-electron chi connectivity index (χ0n) is 13.4. The van der Waals surface area contributed by atoms with Crippen LogP contribution in [-0.2, 0) is 11.3 Å². The molecule has 0 aliphatic carbocycles. The van der Waals surface area contributed by atoms with E-state index in [-0.39, 0.29) is 11.3 Å². The minimum absolute atomic E-state index is 0.131. The van der Waals surface area contributed by atoms with Crippen molar-refractivity contribution in [3.05, 3.63) is 18.0 Å². The largest absolute Gasteiger partial charge is 0.359 e. The average molecular weight is 291 g/mol. The van der Waals surface area contributed by atoms with Gasteiger partial charge in [0.2, 0.25) is 11.9 Å². The summed E-state index contributed by atoms with van der Waals surface area (Å²) in [7, 11) is 5.56. The Hall–Kier alpha value is -1.69. The smallest absolute Gasteiger partial charge is 0.226 e. The van der Waals surface area contributed by atoms with Crippen LogP contribution >= 0.6 is 0 Å². The second-order valence-corrected chi connectivity index (χ2v) is 6.24. The molecule has 2 heterocycles. The number of piperidine rings is 1. The number of aromatic nitrogens is 2. The van der Waals surface area contributed by atoms with Crippen LogP contribution in [0.4, 0.5) is 5.95 Å². The van der Waals surface area contributed by atoms with E-state index in [0.717, 1.165) is 38.0 Å². The molecule has 0 aromatic carbocycles. The van der Waals surface area contributed by atoms with Gasteiger partial charge in [0.15, 0.2) is 0 Å². The summed E-state index contributed by atoms with van der Waals surface area (Å²) < 4.78 is 0. The van der Waals surface area contributed by atoms with Gasteiger partial charge >= 0.3 is 0 Å². The Kier molecular flexibility index (Phi) is 4.77. The van der Waals surface area contributed by atoms with E-state index in [1.807, 2.05) is 38.3 Å². The number of hydrogen-bond acceptors (Lipinski definition) is 5. The molecule has 0 radical (unpaired) electrons. The number of anilines is 1. The maximum Gasteiger partial charge on any atom is 0.226 e. The molecule has 1 unspecified atom stereocenters. The fourth-order valence-electron chi connectivity index (χ4n) is 2.89. The molecule has 6 nitrogen and oxygen atoms in total. The minimum atomic E-state index is -0.294. The molecule has 1 aliphatic heterocycles. The quantitative estimate of drug-likeness (QED) is 0.893. The van der Waals surface area contributed by atoms with Crippen molar-refractivity contribution in [3.8, 4) is 0 Å². The van der Waals surface area contributed by atoms with Crippen molar-refractivity contribution in [2.45, 2.75) is 26.3 Å². The van der Waals surface area contributed by atoms with Crippen LogP contribution in [0.15, 0.2) is 12.4 Å². The molecule has 116 valence electrons. The van der Waals surface area contributed by atoms with Crippen LogP contribution in [0.2, 0.25) is 0 Å². The van der Waals surface area contributed by atoms with Gasteiger partial charge in [0.05, 0.1) is 5.41 Å². The third-order valence-corrected chi connectivity index (χ3v) is 4.05. The van der Waals surface area contributed by atoms with Crippen LogP contribution in [0.5, 0.6) is 0 Å². The highest BCUT2D eigenvalue weighted by Gasteiger charge is 2.37. The summed E-state index contributed by atoms with van der Waals surface area (Å²) in [6, 6.07) is 0. The average Bonchev–Trinajstić information content (AvgIpc) is 2.47. The standard InChI is InChI=1S/C15H25N5O/c1-15(13(21)16-2)6-5-7-20(11-15)10-12-8-17-14(18-9-12)19(3)4/h8-9H,5-7,10-11H2,1-4H3,(H,16,21). The summed E-state index contributed by atoms with van der Waals surface area (Å²) in [6.45, 7) is 4.63. The Morgan fingerprint density at radius 3 is 2.67 bits per heavy atom. The lowest BCUT2D eigenvalue weighted by atomic mass is 9.81. The Bertz CT molecular complexity index is 487. The highest BCUT2D eigenvalue weighted by Crippen LogP contribution is 2.30. The van der Waals surface area contributed by atoms with Gasteiger partial charge < -0.3 is 10.2 Å². The summed E-state index contributed by atoms with van der Waals surface area (Å²) in [5.74, 6) is 0.846. The molecular formula is C15H25N5O. The summed E-state index contributed by atoms with van der Waals surface area (Å²) in [4.78, 5) is 24.9. The van der Waals surface area contributed by atoms with Gasteiger partial charge in [0.1, 0.15) is 0 Å². The molecule has 0 bridgehead atoms. The van der Waals surface area contributed by atoms with E-state index in [4.69, 9.17) is 0 Å². The Morgan fingerprint density at radius 1 is 1.43 bits per heavy atom. The fourth-order valence-corrected chi connectivity index (χ4v) is 2.89. The van der Waals surface area contributed by atoms with Gasteiger partial charge in [0, 0.05) is 52.2 Å². The lowest BCUT2D eigenvalue weighted by molar-refractivity contribution is -0.132. The Labute approximate surface area is 126 Å². The highest BCUT2D eigenvalue weighted by molar-refractivity contribution is 5.82. The van der Waals surface area contributed by atoms with Crippen molar-refractivity contribution < 1.29 is 4.79 Å². The molecular weight excluding hydrogens is 266 g/mol. The number of rotatable bonds is 4. The SMILES string of the molecule is CNC(=O)C1(C)CCCN(Cc2cnc(N(C)C)nc2)C1. The third kappa shape index (κ3) is 3.69.